The predicted molar refractivity (Wildman–Crippen MR) is 213 cm³/mol. The maximum atomic E-state index is 12.7. The van der Waals surface area contributed by atoms with Gasteiger partial charge in [0.25, 0.3) is 8.32 Å². The summed E-state index contributed by atoms with van der Waals surface area (Å²) in [5.41, 5.74) is 1.04. The zero-order valence-corrected chi connectivity index (χ0v) is 34.2. The molecule has 1 aliphatic rings. The first kappa shape index (κ1) is 40.6. The van der Waals surface area contributed by atoms with E-state index in [1.54, 1.807) is 10.6 Å². The van der Waals surface area contributed by atoms with Gasteiger partial charge in [-0.25, -0.2) is 9.78 Å². The topological polar surface area (TPSA) is 119 Å². The van der Waals surface area contributed by atoms with E-state index in [-0.39, 0.29) is 23.4 Å². The van der Waals surface area contributed by atoms with Crippen LogP contribution in [-0.2, 0) is 25.3 Å². The number of aromatic nitrogens is 3. The Kier molecular flexibility index (Phi) is 12.6. The van der Waals surface area contributed by atoms with Gasteiger partial charge in [0.05, 0.1) is 29.1 Å². The fraction of sp³-hybridized carbons (Fsp3) is 0.548. The Morgan fingerprint density at radius 2 is 1.55 bits per heavy atom. The van der Waals surface area contributed by atoms with Crippen molar-refractivity contribution in [1.82, 2.24) is 14.6 Å². The molecule has 2 atom stereocenters. The lowest BCUT2D eigenvalue weighted by molar-refractivity contribution is -0.160. The first-order valence-electron chi connectivity index (χ1n) is 19.1. The van der Waals surface area contributed by atoms with Crippen molar-refractivity contribution >= 4 is 36.1 Å². The maximum Gasteiger partial charge on any atom is 0.337 e. The summed E-state index contributed by atoms with van der Waals surface area (Å²) in [5.74, 6) is -0.447. The third-order valence-corrected chi connectivity index (χ3v) is 15.5. The van der Waals surface area contributed by atoms with Crippen molar-refractivity contribution in [2.45, 2.75) is 129 Å². The largest absolute Gasteiger partial charge is 0.479 e. The molecular formula is C42H60N4O6Si. The number of ether oxygens (including phenoxy) is 2. The SMILES string of the molecule is Cc1nc2cc(CO)nn2c(N2CCC(C)(OCCCC[C@@H](C)O[Si](c3ccccc3)(c3ccccc3)C(C)(C)C)CC2)c1C(OC(C)(C)C)C(=O)O. The van der Waals surface area contributed by atoms with E-state index in [0.717, 1.165) is 32.1 Å². The average molecular weight is 745 g/mol. The van der Waals surface area contributed by atoms with E-state index < -0.39 is 26.0 Å². The van der Waals surface area contributed by atoms with Crippen molar-refractivity contribution in [3.8, 4) is 0 Å². The van der Waals surface area contributed by atoms with E-state index >= 15 is 0 Å². The fourth-order valence-electron chi connectivity index (χ4n) is 7.68. The number of carbonyl (C=O) groups is 1. The summed E-state index contributed by atoms with van der Waals surface area (Å²) in [6.07, 6.45) is 3.24. The minimum atomic E-state index is -2.60. The molecule has 11 heteroatoms. The lowest BCUT2D eigenvalue weighted by atomic mass is 9.92. The van der Waals surface area contributed by atoms with Crippen LogP contribution >= 0.6 is 0 Å². The third-order valence-electron chi connectivity index (χ3n) is 10.3. The van der Waals surface area contributed by atoms with E-state index in [9.17, 15) is 15.0 Å². The van der Waals surface area contributed by atoms with Crippen LogP contribution in [0.15, 0.2) is 66.7 Å². The van der Waals surface area contributed by atoms with Crippen LogP contribution in [0, 0.1) is 6.92 Å². The Morgan fingerprint density at radius 1 is 0.962 bits per heavy atom. The molecule has 2 N–H and O–H groups in total. The number of unbranched alkanes of at least 4 members (excludes halogenated alkanes) is 1. The molecule has 10 nitrogen and oxygen atoms in total. The van der Waals surface area contributed by atoms with Crippen molar-refractivity contribution in [3.63, 3.8) is 0 Å². The van der Waals surface area contributed by atoms with Gasteiger partial charge in [-0.3, -0.25) is 0 Å². The molecular weight excluding hydrogens is 685 g/mol. The Morgan fingerprint density at radius 3 is 2.06 bits per heavy atom. The Hall–Kier alpha value is -3.61. The molecule has 53 heavy (non-hydrogen) atoms. The molecule has 1 saturated heterocycles. The van der Waals surface area contributed by atoms with E-state index in [1.165, 1.54) is 10.4 Å². The monoisotopic (exact) mass is 744 g/mol. The number of aryl methyl sites for hydroxylation is 1. The second-order valence-electron chi connectivity index (χ2n) is 16.8. The highest BCUT2D eigenvalue weighted by Crippen LogP contribution is 2.39. The fourth-order valence-corrected chi connectivity index (χ4v) is 12.4. The van der Waals surface area contributed by atoms with Gasteiger partial charge in [0.1, 0.15) is 5.82 Å². The van der Waals surface area contributed by atoms with Gasteiger partial charge >= 0.3 is 5.97 Å². The highest BCUT2D eigenvalue weighted by molar-refractivity contribution is 6.99. The molecule has 0 radical (unpaired) electrons. The number of nitrogens with zero attached hydrogens (tertiary/aromatic N) is 4. The van der Waals surface area contributed by atoms with Crippen molar-refractivity contribution in [3.05, 3.63) is 83.7 Å². The van der Waals surface area contributed by atoms with Crippen molar-refractivity contribution < 1.29 is 28.9 Å². The number of aliphatic hydroxyl groups is 1. The maximum absolute atomic E-state index is 12.7. The average Bonchev–Trinajstić information content (AvgIpc) is 3.52. The highest BCUT2D eigenvalue weighted by Gasteiger charge is 2.51. The quantitative estimate of drug-likeness (QED) is 0.0982. The Bertz CT molecular complexity index is 1770. The molecule has 0 bridgehead atoms. The molecule has 0 amide bonds. The van der Waals surface area contributed by atoms with E-state index in [2.05, 4.69) is 110 Å². The van der Waals surface area contributed by atoms with Gasteiger partial charge in [0, 0.05) is 37.6 Å². The molecule has 1 unspecified atom stereocenters. The number of carboxylic acid groups (broad SMARTS) is 1. The van der Waals surface area contributed by atoms with E-state index in [0.29, 0.717) is 48.1 Å². The number of anilines is 1. The summed E-state index contributed by atoms with van der Waals surface area (Å²) in [6, 6.07) is 23.3. The van der Waals surface area contributed by atoms with Crippen LogP contribution in [0.25, 0.3) is 5.65 Å². The number of hydrogen-bond acceptors (Lipinski definition) is 8. The normalized spacial score (nSPS) is 16.5. The number of rotatable bonds is 15. The third kappa shape index (κ3) is 9.20. The second kappa shape index (κ2) is 16.4. The van der Waals surface area contributed by atoms with E-state index in [4.69, 9.17) is 13.9 Å². The highest BCUT2D eigenvalue weighted by atomic mass is 28.4. The van der Waals surface area contributed by atoms with Gasteiger partial charge in [0.15, 0.2) is 11.8 Å². The number of piperidine rings is 1. The Balaban J connectivity index is 1.24. The molecule has 288 valence electrons. The minimum Gasteiger partial charge on any atom is -0.479 e. The van der Waals surface area contributed by atoms with Crippen LogP contribution in [0.2, 0.25) is 5.04 Å². The zero-order chi connectivity index (χ0) is 38.6. The van der Waals surface area contributed by atoms with Crippen LogP contribution in [-0.4, -0.2) is 76.1 Å². The van der Waals surface area contributed by atoms with Crippen LogP contribution in [0.3, 0.4) is 0 Å². The number of fused-ring (bicyclic) bond motifs is 1. The lowest BCUT2D eigenvalue weighted by Gasteiger charge is -2.44. The van der Waals surface area contributed by atoms with E-state index in [1.807, 2.05) is 27.7 Å². The number of benzene rings is 2. The molecule has 3 heterocycles. The molecule has 2 aromatic carbocycles. The smallest absolute Gasteiger partial charge is 0.337 e. The first-order chi connectivity index (χ1) is 25.0. The summed E-state index contributed by atoms with van der Waals surface area (Å²) >= 11 is 0. The second-order valence-corrected chi connectivity index (χ2v) is 21.1. The van der Waals surface area contributed by atoms with Gasteiger partial charge in [0.2, 0.25) is 0 Å². The van der Waals surface area contributed by atoms with Crippen molar-refractivity contribution in [2.24, 2.45) is 0 Å². The number of aliphatic carboxylic acids is 1. The summed E-state index contributed by atoms with van der Waals surface area (Å²) in [6.45, 7) is 20.4. The number of hydrogen-bond donors (Lipinski definition) is 2. The predicted octanol–water partition coefficient (Wildman–Crippen LogP) is 6.98. The Labute approximate surface area is 316 Å². The number of aliphatic hydroxyl groups excluding tert-OH is 1. The van der Waals surface area contributed by atoms with Crippen LogP contribution in [0.4, 0.5) is 5.82 Å². The molecule has 1 fully saturated rings. The zero-order valence-electron chi connectivity index (χ0n) is 33.2. The van der Waals surface area contributed by atoms with Gasteiger partial charge in [-0.2, -0.15) is 9.61 Å². The summed E-state index contributed by atoms with van der Waals surface area (Å²) in [5, 5.41) is 27.4. The lowest BCUT2D eigenvalue weighted by Crippen LogP contribution is -2.67. The van der Waals surface area contributed by atoms with Crippen molar-refractivity contribution in [1.29, 1.82) is 0 Å². The van der Waals surface area contributed by atoms with Crippen molar-refractivity contribution in [2.75, 3.05) is 24.6 Å². The molecule has 2 aromatic heterocycles. The van der Waals surface area contributed by atoms with Crippen LogP contribution in [0.1, 0.15) is 111 Å². The molecule has 0 saturated carbocycles. The standard InChI is InChI=1S/C42H60N4O6Si/c1-30(52-53(41(6,7)8,33-19-12-10-13-20-33)34-21-14-11-15-22-34)18-16-17-27-50-42(9)23-25-45(26-24-42)38-36(37(39(48)49)51-40(3,4)5)31(2)43-35-28-32(29-47)44-46(35)38/h10-15,19-22,28,30,37,47H,16-18,23-27,29H2,1-9H3,(H,48,49)/t30-,37?/m1/s1. The minimum absolute atomic E-state index is 0.0648. The van der Waals surface area contributed by atoms with Gasteiger partial charge in [-0.05, 0) is 89.1 Å². The van der Waals surface area contributed by atoms with Crippen LogP contribution in [0.5, 0.6) is 0 Å². The van der Waals surface area contributed by atoms with Gasteiger partial charge in [-0.1, -0.05) is 81.4 Å². The summed E-state index contributed by atoms with van der Waals surface area (Å²) in [4.78, 5) is 19.5. The summed E-state index contributed by atoms with van der Waals surface area (Å²) in [7, 11) is -2.60. The molecule has 5 rings (SSSR count). The van der Waals surface area contributed by atoms with Gasteiger partial charge in [-0.15, -0.1) is 0 Å². The van der Waals surface area contributed by atoms with Gasteiger partial charge < -0.3 is 29.0 Å². The van der Waals surface area contributed by atoms with Crippen LogP contribution < -0.4 is 15.3 Å². The molecule has 0 aliphatic carbocycles. The number of carboxylic acids is 1. The first-order valence-corrected chi connectivity index (χ1v) is 21.0. The molecule has 4 aromatic rings. The summed E-state index contributed by atoms with van der Waals surface area (Å²) < 4.78 is 21.7. The molecule has 0 spiro atoms. The molecule has 1 aliphatic heterocycles.